The maximum Gasteiger partial charge on any atom is 0.307 e. The van der Waals surface area contributed by atoms with E-state index in [9.17, 15) is 12.8 Å². The molecule has 0 spiro atoms. The first-order chi connectivity index (χ1) is 10.8. The van der Waals surface area contributed by atoms with Crippen molar-refractivity contribution in [2.75, 3.05) is 6.61 Å². The molecule has 0 saturated heterocycles. The summed E-state index contributed by atoms with van der Waals surface area (Å²) in [5.41, 5.74) is 1.02. The average Bonchev–Trinajstić information content (AvgIpc) is 2.50. The summed E-state index contributed by atoms with van der Waals surface area (Å²) < 4.78 is 50.7. The van der Waals surface area contributed by atoms with Gasteiger partial charge in [-0.15, -0.1) is 0 Å². The third-order valence-corrected chi connectivity index (χ3v) is 4.87. The lowest BCUT2D eigenvalue weighted by Gasteiger charge is -2.21. The minimum Gasteiger partial charge on any atom is -0.493 e. The van der Waals surface area contributed by atoms with Crippen LogP contribution in [0.3, 0.4) is 0 Å². The molecule has 0 amide bonds. The van der Waals surface area contributed by atoms with E-state index >= 15 is 0 Å². The van der Waals surface area contributed by atoms with Gasteiger partial charge in [0.2, 0.25) is 0 Å². The zero-order chi connectivity index (χ0) is 17.1. The number of hydrogen-bond acceptors (Lipinski definition) is 3. The van der Waals surface area contributed by atoms with Crippen LogP contribution < -0.4 is 0 Å². The Bertz CT molecular complexity index is 820. The van der Waals surface area contributed by atoms with Gasteiger partial charge in [-0.2, -0.15) is 8.42 Å². The number of hydrogen-bond donors (Lipinski definition) is 1. The summed E-state index contributed by atoms with van der Waals surface area (Å²) in [6, 6.07) is 13.7. The fraction of sp³-hybridized carbons (Fsp3) is 0.294. The van der Waals surface area contributed by atoms with Crippen LogP contribution >= 0.6 is 0 Å². The number of halogens is 1. The van der Waals surface area contributed by atoms with Gasteiger partial charge in [0.25, 0.3) is 5.00 Å². The lowest BCUT2D eigenvalue weighted by Crippen LogP contribution is -2.33. The molecule has 1 atom stereocenters. The van der Waals surface area contributed by atoms with Gasteiger partial charge in [-0.3, -0.25) is 4.55 Å². The second kappa shape index (κ2) is 6.68. The fourth-order valence-corrected chi connectivity index (χ4v) is 2.81. The van der Waals surface area contributed by atoms with Crippen molar-refractivity contribution in [1.29, 1.82) is 0 Å². The summed E-state index contributed by atoms with van der Waals surface area (Å²) in [7, 11) is -4.90. The monoisotopic (exact) mass is 338 g/mol. The number of alkyl halides is 1. The van der Waals surface area contributed by atoms with Crippen molar-refractivity contribution >= 4 is 20.9 Å². The topological polar surface area (TPSA) is 63.6 Å². The standard InChI is InChI=1S/C17H19FO4S/c1-3-16(17(2,18)23(19,20)21)22-12-11-14-9-6-8-13-7-4-5-10-15(13)14/h3-10H,11-12H2,1-2H3,(H,19,20,21). The summed E-state index contributed by atoms with van der Waals surface area (Å²) in [4.78, 5) is 0. The van der Waals surface area contributed by atoms with E-state index in [1.54, 1.807) is 0 Å². The number of benzene rings is 2. The predicted molar refractivity (Wildman–Crippen MR) is 88.4 cm³/mol. The van der Waals surface area contributed by atoms with Gasteiger partial charge in [-0.1, -0.05) is 42.5 Å². The Morgan fingerprint density at radius 1 is 1.26 bits per heavy atom. The average molecular weight is 338 g/mol. The molecular weight excluding hydrogens is 319 g/mol. The van der Waals surface area contributed by atoms with Crippen LogP contribution in [0.2, 0.25) is 0 Å². The summed E-state index contributed by atoms with van der Waals surface area (Å²) in [5, 5.41) is -0.802. The maximum absolute atomic E-state index is 14.2. The van der Waals surface area contributed by atoms with Crippen LogP contribution in [0, 0.1) is 0 Å². The molecule has 0 fully saturated rings. The van der Waals surface area contributed by atoms with Gasteiger partial charge in [-0.05, 0) is 36.3 Å². The lowest BCUT2D eigenvalue weighted by atomic mass is 10.0. The molecule has 0 aliphatic carbocycles. The molecule has 6 heteroatoms. The summed E-state index contributed by atoms with van der Waals surface area (Å²) in [6.07, 6.45) is 1.69. The predicted octanol–water partition coefficient (Wildman–Crippen LogP) is 3.88. The van der Waals surface area contributed by atoms with Gasteiger partial charge >= 0.3 is 10.1 Å². The highest BCUT2D eigenvalue weighted by Gasteiger charge is 2.43. The van der Waals surface area contributed by atoms with Crippen molar-refractivity contribution in [3.63, 3.8) is 0 Å². The highest BCUT2D eigenvalue weighted by Crippen LogP contribution is 2.28. The van der Waals surface area contributed by atoms with Crippen molar-refractivity contribution in [3.8, 4) is 0 Å². The van der Waals surface area contributed by atoms with Crippen LogP contribution in [0.1, 0.15) is 19.4 Å². The highest BCUT2D eigenvalue weighted by atomic mass is 32.2. The van der Waals surface area contributed by atoms with Gasteiger partial charge in [0.05, 0.1) is 6.61 Å². The first-order valence-corrected chi connectivity index (χ1v) is 8.63. The Kier molecular flexibility index (Phi) is 5.06. The summed E-state index contributed by atoms with van der Waals surface area (Å²) in [6.45, 7) is 2.31. The highest BCUT2D eigenvalue weighted by molar-refractivity contribution is 7.87. The Balaban J connectivity index is 2.12. The van der Waals surface area contributed by atoms with Gasteiger partial charge < -0.3 is 4.74 Å². The van der Waals surface area contributed by atoms with E-state index in [0.29, 0.717) is 6.42 Å². The van der Waals surface area contributed by atoms with Crippen LogP contribution in [0.15, 0.2) is 54.3 Å². The molecular formula is C17H19FO4S. The second-order valence-corrected chi connectivity index (χ2v) is 7.00. The molecule has 4 nitrogen and oxygen atoms in total. The third-order valence-electron chi connectivity index (χ3n) is 3.70. The Labute approximate surface area is 135 Å². The molecule has 0 aliphatic rings. The van der Waals surface area contributed by atoms with Gasteiger partial charge in [-0.25, -0.2) is 4.39 Å². The minimum absolute atomic E-state index is 0.0999. The maximum atomic E-state index is 14.2. The van der Waals surface area contributed by atoms with Crippen LogP contribution in [-0.2, 0) is 21.3 Å². The Morgan fingerprint density at radius 2 is 1.91 bits per heavy atom. The summed E-state index contributed by atoms with van der Waals surface area (Å²) in [5.74, 6) is -0.416. The molecule has 0 radical (unpaired) electrons. The molecule has 0 saturated carbocycles. The quantitative estimate of drug-likeness (QED) is 0.641. The molecule has 2 aromatic rings. The van der Waals surface area contributed by atoms with Crippen LogP contribution in [0.4, 0.5) is 4.39 Å². The van der Waals surface area contributed by atoms with Gasteiger partial charge in [0, 0.05) is 6.42 Å². The van der Waals surface area contributed by atoms with E-state index in [1.165, 1.54) is 13.0 Å². The summed E-state index contributed by atoms with van der Waals surface area (Å²) >= 11 is 0. The number of rotatable bonds is 6. The van der Waals surface area contributed by atoms with Crippen molar-refractivity contribution in [3.05, 3.63) is 59.9 Å². The molecule has 0 aromatic heterocycles. The SMILES string of the molecule is CC=C(OCCc1cccc2ccccc12)C(C)(F)S(=O)(=O)O. The van der Waals surface area contributed by atoms with Crippen LogP contribution in [0.25, 0.3) is 10.8 Å². The smallest absolute Gasteiger partial charge is 0.307 e. The van der Waals surface area contributed by atoms with Crippen molar-refractivity contribution in [1.82, 2.24) is 0 Å². The Morgan fingerprint density at radius 3 is 2.57 bits per heavy atom. The van der Waals surface area contributed by atoms with E-state index in [0.717, 1.165) is 23.3 Å². The van der Waals surface area contributed by atoms with E-state index in [-0.39, 0.29) is 6.61 Å². The van der Waals surface area contributed by atoms with Crippen molar-refractivity contribution in [2.24, 2.45) is 0 Å². The van der Waals surface area contributed by atoms with E-state index in [1.807, 2.05) is 42.5 Å². The number of ether oxygens (including phenoxy) is 1. The molecule has 1 N–H and O–H groups in total. The third kappa shape index (κ3) is 3.71. The second-order valence-electron chi connectivity index (χ2n) is 5.28. The number of allylic oxidation sites excluding steroid dienone is 1. The molecule has 0 aliphatic heterocycles. The minimum atomic E-state index is -4.90. The lowest BCUT2D eigenvalue weighted by molar-refractivity contribution is 0.138. The first-order valence-electron chi connectivity index (χ1n) is 7.19. The molecule has 124 valence electrons. The van der Waals surface area contributed by atoms with Crippen molar-refractivity contribution in [2.45, 2.75) is 25.3 Å². The van der Waals surface area contributed by atoms with E-state index in [2.05, 4.69) is 0 Å². The molecule has 2 rings (SSSR count). The van der Waals surface area contributed by atoms with Gasteiger partial charge in [0.15, 0.2) is 0 Å². The van der Waals surface area contributed by atoms with Crippen molar-refractivity contribution < 1.29 is 22.1 Å². The van der Waals surface area contributed by atoms with E-state index < -0.39 is 20.9 Å². The largest absolute Gasteiger partial charge is 0.493 e. The normalized spacial score (nSPS) is 15.4. The molecule has 0 heterocycles. The van der Waals surface area contributed by atoms with E-state index in [4.69, 9.17) is 9.29 Å². The zero-order valence-corrected chi connectivity index (χ0v) is 13.8. The fourth-order valence-electron chi connectivity index (χ4n) is 2.38. The number of fused-ring (bicyclic) bond motifs is 1. The molecule has 2 aromatic carbocycles. The molecule has 1 unspecified atom stereocenters. The zero-order valence-electron chi connectivity index (χ0n) is 13.0. The molecule has 0 bridgehead atoms. The first kappa shape index (κ1) is 17.4. The van der Waals surface area contributed by atoms with Crippen LogP contribution in [-0.4, -0.2) is 24.6 Å². The molecule has 23 heavy (non-hydrogen) atoms. The van der Waals surface area contributed by atoms with Crippen LogP contribution in [0.5, 0.6) is 0 Å². The Hall–Kier alpha value is -1.92. The van der Waals surface area contributed by atoms with Gasteiger partial charge in [0.1, 0.15) is 5.76 Å².